The fourth-order valence-corrected chi connectivity index (χ4v) is 3.16. The Bertz CT molecular complexity index is 863. The molecule has 0 fully saturated rings. The van der Waals surface area contributed by atoms with E-state index >= 15 is 0 Å². The lowest BCUT2D eigenvalue weighted by Crippen LogP contribution is -2.25. The molecular weight excluding hydrogens is 368 g/mol. The van der Waals surface area contributed by atoms with Crippen LogP contribution in [0.15, 0.2) is 36.4 Å². The van der Waals surface area contributed by atoms with Crippen molar-refractivity contribution < 1.29 is 24.5 Å². The monoisotopic (exact) mass is 398 g/mol. The van der Waals surface area contributed by atoms with E-state index in [1.807, 2.05) is 45.9 Å². The maximum absolute atomic E-state index is 12.6. The summed E-state index contributed by atoms with van der Waals surface area (Å²) in [5.41, 5.74) is 1.88. The summed E-state index contributed by atoms with van der Waals surface area (Å²) in [7, 11) is 0. The average molecular weight is 398 g/mol. The zero-order valence-corrected chi connectivity index (χ0v) is 17.6. The van der Waals surface area contributed by atoms with Gasteiger partial charge in [0.2, 0.25) is 0 Å². The molecule has 0 saturated carbocycles. The van der Waals surface area contributed by atoms with Crippen molar-refractivity contribution in [1.82, 2.24) is 0 Å². The molecule has 0 heterocycles. The molecule has 0 radical (unpaired) electrons. The molecule has 0 aliphatic carbocycles. The lowest BCUT2D eigenvalue weighted by molar-refractivity contribution is -0.127. The lowest BCUT2D eigenvalue weighted by Gasteiger charge is -2.23. The van der Waals surface area contributed by atoms with Crippen molar-refractivity contribution in [3.8, 4) is 17.2 Å². The van der Waals surface area contributed by atoms with E-state index in [-0.39, 0.29) is 41.5 Å². The number of Topliss-reactive ketones (excluding diaryl/α,β-unsaturated/α-hetero) is 2. The zero-order valence-electron chi connectivity index (χ0n) is 17.6. The molecule has 2 N–H and O–H groups in total. The molecule has 5 nitrogen and oxygen atoms in total. The Balaban J connectivity index is 1.81. The van der Waals surface area contributed by atoms with E-state index in [9.17, 15) is 19.8 Å². The molecule has 2 aromatic rings. The first-order valence-corrected chi connectivity index (χ1v) is 9.88. The van der Waals surface area contributed by atoms with Gasteiger partial charge in [0.05, 0.1) is 6.61 Å². The number of hydrogen-bond acceptors (Lipinski definition) is 5. The third-order valence-electron chi connectivity index (χ3n) is 5.11. The van der Waals surface area contributed by atoms with E-state index in [0.29, 0.717) is 13.0 Å². The van der Waals surface area contributed by atoms with E-state index in [0.717, 1.165) is 29.4 Å². The van der Waals surface area contributed by atoms with E-state index in [1.165, 1.54) is 12.1 Å². The van der Waals surface area contributed by atoms with E-state index < -0.39 is 5.41 Å². The molecule has 0 aromatic heterocycles. The molecule has 2 rings (SSSR count). The zero-order chi connectivity index (χ0) is 21.6. The van der Waals surface area contributed by atoms with E-state index in [1.54, 1.807) is 0 Å². The maximum atomic E-state index is 12.6. The molecule has 0 bridgehead atoms. The first-order chi connectivity index (χ1) is 13.6. The Morgan fingerprint density at radius 3 is 2.28 bits per heavy atom. The van der Waals surface area contributed by atoms with Crippen LogP contribution in [0, 0.1) is 19.3 Å². The van der Waals surface area contributed by atoms with Gasteiger partial charge in [-0.25, -0.2) is 0 Å². The van der Waals surface area contributed by atoms with Crippen LogP contribution in [-0.4, -0.2) is 28.4 Å². The number of hydrogen-bond donors (Lipinski definition) is 2. The van der Waals surface area contributed by atoms with Crippen molar-refractivity contribution in [2.75, 3.05) is 6.61 Å². The number of carbonyl (C=O) groups is 2. The summed E-state index contributed by atoms with van der Waals surface area (Å²) in [4.78, 5) is 24.9. The maximum Gasteiger partial charge on any atom is 0.163 e. The molecule has 0 aliphatic rings. The Hall–Kier alpha value is -2.82. The fraction of sp³-hybridized carbons (Fsp3) is 0.417. The first kappa shape index (κ1) is 22.5. The Morgan fingerprint density at radius 1 is 0.966 bits per heavy atom. The van der Waals surface area contributed by atoms with Crippen LogP contribution < -0.4 is 4.74 Å². The number of carbonyl (C=O) groups excluding carboxylic acids is 2. The first-order valence-electron chi connectivity index (χ1n) is 9.88. The summed E-state index contributed by atoms with van der Waals surface area (Å²) >= 11 is 0. The highest BCUT2D eigenvalue weighted by Crippen LogP contribution is 2.28. The van der Waals surface area contributed by atoms with Crippen LogP contribution in [0.2, 0.25) is 0 Å². The summed E-state index contributed by atoms with van der Waals surface area (Å²) in [6, 6.07) is 9.83. The lowest BCUT2D eigenvalue weighted by atomic mass is 9.81. The Morgan fingerprint density at radius 2 is 1.62 bits per heavy atom. The van der Waals surface area contributed by atoms with Crippen molar-refractivity contribution in [3.63, 3.8) is 0 Å². The predicted molar refractivity (Wildman–Crippen MR) is 113 cm³/mol. The normalized spacial score (nSPS) is 11.3. The average Bonchev–Trinajstić information content (AvgIpc) is 2.64. The highest BCUT2D eigenvalue weighted by Gasteiger charge is 2.27. The van der Waals surface area contributed by atoms with Gasteiger partial charge in [0.1, 0.15) is 23.0 Å². The quantitative estimate of drug-likeness (QED) is 0.428. The van der Waals surface area contributed by atoms with E-state index in [4.69, 9.17) is 4.74 Å². The summed E-state index contributed by atoms with van der Waals surface area (Å²) in [5.74, 6) is 0.252. The summed E-state index contributed by atoms with van der Waals surface area (Å²) in [6.07, 6.45) is 1.57. The van der Waals surface area contributed by atoms with Crippen molar-refractivity contribution in [3.05, 3.63) is 53.1 Å². The third-order valence-corrected chi connectivity index (χ3v) is 5.11. The molecule has 0 saturated heterocycles. The van der Waals surface area contributed by atoms with Gasteiger partial charge in [0.25, 0.3) is 0 Å². The van der Waals surface area contributed by atoms with Gasteiger partial charge in [-0.05, 0) is 56.0 Å². The number of benzene rings is 2. The second-order valence-corrected chi connectivity index (χ2v) is 8.19. The third kappa shape index (κ3) is 6.63. The van der Waals surface area contributed by atoms with Gasteiger partial charge in [-0.1, -0.05) is 26.0 Å². The minimum Gasteiger partial charge on any atom is -0.508 e. The highest BCUT2D eigenvalue weighted by atomic mass is 16.5. The van der Waals surface area contributed by atoms with Gasteiger partial charge in [-0.2, -0.15) is 0 Å². The number of aromatic hydroxyl groups is 2. The van der Waals surface area contributed by atoms with Crippen molar-refractivity contribution in [2.24, 2.45) is 5.41 Å². The van der Waals surface area contributed by atoms with Crippen molar-refractivity contribution in [1.29, 1.82) is 0 Å². The molecule has 0 aliphatic heterocycles. The Kier molecular flexibility index (Phi) is 7.43. The minimum atomic E-state index is -0.549. The molecule has 156 valence electrons. The second-order valence-electron chi connectivity index (χ2n) is 8.19. The van der Waals surface area contributed by atoms with E-state index in [2.05, 4.69) is 0 Å². The summed E-state index contributed by atoms with van der Waals surface area (Å²) in [6.45, 7) is 8.33. The number of phenols is 2. The molecule has 5 heteroatoms. The number of ketones is 2. The summed E-state index contributed by atoms with van der Waals surface area (Å²) in [5, 5.41) is 19.0. The van der Waals surface area contributed by atoms with Crippen LogP contribution in [-0.2, 0) is 4.79 Å². The van der Waals surface area contributed by atoms with Crippen LogP contribution in [0.3, 0.4) is 0 Å². The predicted octanol–water partition coefficient (Wildman–Crippen LogP) is 5.13. The van der Waals surface area contributed by atoms with Gasteiger partial charge >= 0.3 is 0 Å². The standard InChI is InChI=1S/C24H30O5/c1-16-6-7-17(2)22(12-16)29-11-5-10-24(3,4)23(28)9-8-21(27)18-13-19(25)15-20(26)14-18/h6-7,12-15,25-26H,5,8-11H2,1-4H3. The molecule has 0 unspecified atom stereocenters. The van der Waals surface area contributed by atoms with Crippen LogP contribution in [0.1, 0.15) is 61.0 Å². The molecule has 2 aromatic carbocycles. The van der Waals surface area contributed by atoms with Crippen LogP contribution in [0.25, 0.3) is 0 Å². The van der Waals surface area contributed by atoms with Gasteiger partial charge in [0, 0.05) is 29.9 Å². The minimum absolute atomic E-state index is 0.0157. The summed E-state index contributed by atoms with van der Waals surface area (Å²) < 4.78 is 5.86. The molecular formula is C24H30O5. The molecule has 0 atom stereocenters. The van der Waals surface area contributed by atoms with Crippen molar-refractivity contribution in [2.45, 2.75) is 53.4 Å². The van der Waals surface area contributed by atoms with Gasteiger partial charge in [0.15, 0.2) is 5.78 Å². The smallest absolute Gasteiger partial charge is 0.163 e. The number of ether oxygens (including phenoxy) is 1. The number of aryl methyl sites for hydroxylation is 2. The van der Waals surface area contributed by atoms with Gasteiger partial charge < -0.3 is 14.9 Å². The Labute approximate surface area is 172 Å². The fourth-order valence-electron chi connectivity index (χ4n) is 3.16. The second kappa shape index (κ2) is 9.59. The number of rotatable bonds is 10. The van der Waals surface area contributed by atoms with Gasteiger partial charge in [-0.3, -0.25) is 9.59 Å². The van der Waals surface area contributed by atoms with Crippen LogP contribution in [0.5, 0.6) is 17.2 Å². The van der Waals surface area contributed by atoms with Crippen LogP contribution in [0.4, 0.5) is 0 Å². The number of phenolic OH excluding ortho intramolecular Hbond substituents is 2. The van der Waals surface area contributed by atoms with Crippen molar-refractivity contribution >= 4 is 11.6 Å². The molecule has 29 heavy (non-hydrogen) atoms. The highest BCUT2D eigenvalue weighted by molar-refractivity contribution is 5.99. The van der Waals surface area contributed by atoms with Crippen LogP contribution >= 0.6 is 0 Å². The SMILES string of the molecule is Cc1ccc(C)c(OCCCC(C)(C)C(=O)CCC(=O)c2cc(O)cc(O)c2)c1. The molecule has 0 spiro atoms. The molecule has 0 amide bonds. The van der Waals surface area contributed by atoms with Gasteiger partial charge in [-0.15, -0.1) is 0 Å². The largest absolute Gasteiger partial charge is 0.508 e. The topological polar surface area (TPSA) is 83.8 Å².